The molecule has 3 rings (SSSR count). The van der Waals surface area contributed by atoms with Crippen molar-refractivity contribution in [3.63, 3.8) is 0 Å². The molecule has 0 spiro atoms. The molecule has 5 nitrogen and oxygen atoms in total. The fourth-order valence-corrected chi connectivity index (χ4v) is 4.74. The van der Waals surface area contributed by atoms with Crippen LogP contribution in [0.25, 0.3) is 0 Å². The topological polar surface area (TPSA) is 66.5 Å². The molecule has 1 atom stereocenters. The van der Waals surface area contributed by atoms with Gasteiger partial charge in [-0.1, -0.05) is 15.9 Å². The molecule has 2 aromatic rings. The molecule has 1 heterocycles. The molecule has 1 aliphatic rings. The molecule has 144 valence electrons. The normalized spacial score (nSPS) is 18.3. The Morgan fingerprint density at radius 2 is 1.85 bits per heavy atom. The minimum atomic E-state index is -3.72. The summed E-state index contributed by atoms with van der Waals surface area (Å²) in [7, 11) is -3.72. The summed E-state index contributed by atoms with van der Waals surface area (Å²) in [5, 5.41) is 2.42. The Morgan fingerprint density at radius 1 is 1.15 bits per heavy atom. The summed E-state index contributed by atoms with van der Waals surface area (Å²) in [5.41, 5.74) is -0.130. The molecule has 1 aliphatic heterocycles. The maximum absolute atomic E-state index is 13.7. The standard InChI is InChI=1S/C18H17BrF2N2O3S/c19-13-3-6-15(7-4-13)27(25,26)23-9-1-2-12(11-23)18(24)22-17-8-5-14(20)10-16(17)21/h3-8,10,12H,1-2,9,11H2,(H,22,24)/t12-/m1/s1. The monoisotopic (exact) mass is 458 g/mol. The van der Waals surface area contributed by atoms with Crippen molar-refractivity contribution in [2.75, 3.05) is 18.4 Å². The minimum Gasteiger partial charge on any atom is -0.323 e. The Labute approximate surface area is 164 Å². The van der Waals surface area contributed by atoms with Gasteiger partial charge in [0.05, 0.1) is 16.5 Å². The van der Waals surface area contributed by atoms with Gasteiger partial charge in [0.2, 0.25) is 15.9 Å². The summed E-state index contributed by atoms with van der Waals surface area (Å²) >= 11 is 3.26. The highest BCUT2D eigenvalue weighted by molar-refractivity contribution is 9.10. The number of piperidine rings is 1. The largest absolute Gasteiger partial charge is 0.323 e. The van der Waals surface area contributed by atoms with Gasteiger partial charge in [-0.2, -0.15) is 4.31 Å². The number of rotatable bonds is 4. The van der Waals surface area contributed by atoms with E-state index in [-0.39, 0.29) is 17.1 Å². The van der Waals surface area contributed by atoms with Crippen molar-refractivity contribution in [2.24, 2.45) is 5.92 Å². The van der Waals surface area contributed by atoms with E-state index >= 15 is 0 Å². The number of nitrogens with one attached hydrogen (secondary N) is 1. The van der Waals surface area contributed by atoms with Crippen molar-refractivity contribution >= 4 is 37.5 Å². The van der Waals surface area contributed by atoms with Crippen LogP contribution in [0, 0.1) is 17.6 Å². The maximum Gasteiger partial charge on any atom is 0.243 e. The Hall–Kier alpha value is -1.84. The van der Waals surface area contributed by atoms with E-state index in [1.807, 2.05) is 0 Å². The van der Waals surface area contributed by atoms with E-state index < -0.39 is 33.5 Å². The van der Waals surface area contributed by atoms with Gasteiger partial charge in [0.15, 0.2) is 0 Å². The summed E-state index contributed by atoms with van der Waals surface area (Å²) in [6.07, 6.45) is 1.00. The maximum atomic E-state index is 13.7. The van der Waals surface area contributed by atoms with Crippen LogP contribution in [0.2, 0.25) is 0 Å². The van der Waals surface area contributed by atoms with Crippen LogP contribution in [0.5, 0.6) is 0 Å². The number of amides is 1. The van der Waals surface area contributed by atoms with Crippen LogP contribution < -0.4 is 5.32 Å². The van der Waals surface area contributed by atoms with E-state index in [1.54, 1.807) is 12.1 Å². The van der Waals surface area contributed by atoms with Crippen molar-refractivity contribution < 1.29 is 22.0 Å². The van der Waals surface area contributed by atoms with Gasteiger partial charge in [-0.25, -0.2) is 17.2 Å². The lowest BCUT2D eigenvalue weighted by molar-refractivity contribution is -0.120. The molecule has 0 aromatic heterocycles. The van der Waals surface area contributed by atoms with Gasteiger partial charge in [0, 0.05) is 23.6 Å². The molecular weight excluding hydrogens is 442 g/mol. The van der Waals surface area contributed by atoms with Gasteiger partial charge < -0.3 is 5.32 Å². The second-order valence-corrected chi connectivity index (χ2v) is 9.12. The third-order valence-corrected chi connectivity index (χ3v) is 6.80. The quantitative estimate of drug-likeness (QED) is 0.758. The average molecular weight is 459 g/mol. The van der Waals surface area contributed by atoms with Crippen LogP contribution in [0.1, 0.15) is 12.8 Å². The van der Waals surface area contributed by atoms with Gasteiger partial charge in [0.1, 0.15) is 11.6 Å². The summed E-state index contributed by atoms with van der Waals surface area (Å²) in [4.78, 5) is 12.6. The number of halogens is 3. The highest BCUT2D eigenvalue weighted by Gasteiger charge is 2.33. The van der Waals surface area contributed by atoms with E-state index in [9.17, 15) is 22.0 Å². The molecule has 1 N–H and O–H groups in total. The van der Waals surface area contributed by atoms with Gasteiger partial charge in [-0.05, 0) is 49.2 Å². The number of hydrogen-bond donors (Lipinski definition) is 1. The van der Waals surface area contributed by atoms with Crippen molar-refractivity contribution in [1.29, 1.82) is 0 Å². The molecule has 2 aromatic carbocycles. The zero-order chi connectivity index (χ0) is 19.6. The first kappa shape index (κ1) is 19.9. The molecule has 1 saturated heterocycles. The molecule has 9 heteroatoms. The second-order valence-electron chi connectivity index (χ2n) is 6.27. The molecular formula is C18H17BrF2N2O3S. The Kier molecular flexibility index (Phi) is 5.92. The number of nitrogens with zero attached hydrogens (tertiary/aromatic N) is 1. The minimum absolute atomic E-state index is 0.00699. The van der Waals surface area contributed by atoms with Gasteiger partial charge in [-0.3, -0.25) is 4.79 Å². The first-order chi connectivity index (χ1) is 12.8. The predicted octanol–water partition coefficient (Wildman–Crippen LogP) is 3.77. The fourth-order valence-electron chi connectivity index (χ4n) is 2.96. The van der Waals surface area contributed by atoms with Gasteiger partial charge in [0.25, 0.3) is 0 Å². The fraction of sp³-hybridized carbons (Fsp3) is 0.278. The Balaban J connectivity index is 1.73. The van der Waals surface area contributed by atoms with E-state index in [2.05, 4.69) is 21.2 Å². The number of benzene rings is 2. The van der Waals surface area contributed by atoms with Gasteiger partial charge >= 0.3 is 0 Å². The summed E-state index contributed by atoms with van der Waals surface area (Å²) in [6.45, 7) is 0.320. The number of carbonyl (C=O) groups is 1. The molecule has 27 heavy (non-hydrogen) atoms. The molecule has 0 radical (unpaired) electrons. The molecule has 0 saturated carbocycles. The molecule has 0 bridgehead atoms. The van der Waals surface area contributed by atoms with Crippen molar-refractivity contribution in [1.82, 2.24) is 4.31 Å². The first-order valence-corrected chi connectivity index (χ1v) is 10.5. The average Bonchev–Trinajstić information content (AvgIpc) is 2.64. The summed E-state index contributed by atoms with van der Waals surface area (Å²) < 4.78 is 54.3. The Bertz CT molecular complexity index is 952. The highest BCUT2D eigenvalue weighted by atomic mass is 79.9. The van der Waals surface area contributed by atoms with Gasteiger partial charge in [-0.15, -0.1) is 0 Å². The third kappa shape index (κ3) is 4.53. The van der Waals surface area contributed by atoms with Crippen LogP contribution in [0.15, 0.2) is 51.8 Å². The van der Waals surface area contributed by atoms with E-state index in [4.69, 9.17) is 0 Å². The molecule has 1 fully saturated rings. The van der Waals surface area contributed by atoms with E-state index in [0.29, 0.717) is 25.5 Å². The molecule has 1 amide bonds. The lowest BCUT2D eigenvalue weighted by Gasteiger charge is -2.31. The highest BCUT2D eigenvalue weighted by Crippen LogP contribution is 2.26. The van der Waals surface area contributed by atoms with Crippen LogP contribution in [0.4, 0.5) is 14.5 Å². The zero-order valence-electron chi connectivity index (χ0n) is 14.2. The van der Waals surface area contributed by atoms with Crippen LogP contribution in [0.3, 0.4) is 0 Å². The lowest BCUT2D eigenvalue weighted by atomic mass is 9.98. The van der Waals surface area contributed by atoms with Crippen LogP contribution in [-0.2, 0) is 14.8 Å². The summed E-state index contributed by atoms with van der Waals surface area (Å²) in [5.74, 6) is -2.72. The lowest BCUT2D eigenvalue weighted by Crippen LogP contribution is -2.43. The van der Waals surface area contributed by atoms with E-state index in [0.717, 1.165) is 16.6 Å². The SMILES string of the molecule is O=C(Nc1ccc(F)cc1F)[C@@H]1CCCN(S(=O)(=O)c2ccc(Br)cc2)C1. The predicted molar refractivity (Wildman–Crippen MR) is 101 cm³/mol. The third-order valence-electron chi connectivity index (χ3n) is 4.40. The molecule has 0 unspecified atom stereocenters. The number of sulfonamides is 1. The Morgan fingerprint density at radius 3 is 2.52 bits per heavy atom. The van der Waals surface area contributed by atoms with E-state index in [1.165, 1.54) is 16.4 Å². The van der Waals surface area contributed by atoms with Crippen LogP contribution in [-0.4, -0.2) is 31.7 Å². The zero-order valence-corrected chi connectivity index (χ0v) is 16.6. The van der Waals surface area contributed by atoms with Crippen molar-refractivity contribution in [2.45, 2.75) is 17.7 Å². The van der Waals surface area contributed by atoms with Crippen molar-refractivity contribution in [3.8, 4) is 0 Å². The molecule has 0 aliphatic carbocycles. The number of carbonyl (C=O) groups excluding carboxylic acids is 1. The van der Waals surface area contributed by atoms with Crippen molar-refractivity contribution in [3.05, 3.63) is 58.6 Å². The number of hydrogen-bond acceptors (Lipinski definition) is 3. The summed E-state index contributed by atoms with van der Waals surface area (Å²) in [6, 6.07) is 9.14. The smallest absolute Gasteiger partial charge is 0.243 e. The number of anilines is 1. The van der Waals surface area contributed by atoms with Crippen LogP contribution >= 0.6 is 15.9 Å². The first-order valence-electron chi connectivity index (χ1n) is 8.29. The second kappa shape index (κ2) is 8.04.